The first kappa shape index (κ1) is 21.6. The summed E-state index contributed by atoms with van der Waals surface area (Å²) in [6, 6.07) is 13.4. The van der Waals surface area contributed by atoms with E-state index in [1.165, 1.54) is 22.5 Å². The lowest BCUT2D eigenvalue weighted by Gasteiger charge is -2.31. The molecule has 3 rings (SSSR count). The van der Waals surface area contributed by atoms with Crippen molar-refractivity contribution < 1.29 is 13.2 Å². The maximum absolute atomic E-state index is 13.0. The van der Waals surface area contributed by atoms with Crippen LogP contribution in [0.2, 0.25) is 10.0 Å². The minimum Gasteiger partial charge on any atom is -0.326 e. The van der Waals surface area contributed by atoms with Gasteiger partial charge in [-0.05, 0) is 48.7 Å². The molecule has 152 valence electrons. The highest BCUT2D eigenvalue weighted by Gasteiger charge is 2.34. The van der Waals surface area contributed by atoms with E-state index in [0.29, 0.717) is 31.5 Å². The summed E-state index contributed by atoms with van der Waals surface area (Å²) in [5, 5.41) is 11.9. The molecule has 0 aromatic heterocycles. The van der Waals surface area contributed by atoms with Crippen LogP contribution in [0.1, 0.15) is 18.4 Å². The van der Waals surface area contributed by atoms with E-state index in [1.807, 2.05) is 0 Å². The van der Waals surface area contributed by atoms with Crippen molar-refractivity contribution in [1.29, 1.82) is 5.26 Å². The normalized spacial score (nSPS) is 17.5. The summed E-state index contributed by atoms with van der Waals surface area (Å²) < 4.78 is 27.3. The lowest BCUT2D eigenvalue weighted by atomic mass is 9.98. The van der Waals surface area contributed by atoms with Gasteiger partial charge in [-0.2, -0.15) is 9.57 Å². The van der Waals surface area contributed by atoms with Gasteiger partial charge in [-0.15, -0.1) is 0 Å². The van der Waals surface area contributed by atoms with Gasteiger partial charge in [0.15, 0.2) is 0 Å². The SMILES string of the molecule is N#CCc1ccc(NC(=O)[C@@H]2CCCN(S(=O)(=O)c3cc(Cl)ccc3Cl)C2)cc1. The van der Waals surface area contributed by atoms with Crippen LogP contribution >= 0.6 is 23.2 Å². The van der Waals surface area contributed by atoms with Gasteiger partial charge in [0.2, 0.25) is 15.9 Å². The fraction of sp³-hybridized carbons (Fsp3) is 0.300. The van der Waals surface area contributed by atoms with E-state index in [9.17, 15) is 13.2 Å². The average Bonchev–Trinajstić information content (AvgIpc) is 2.71. The van der Waals surface area contributed by atoms with Crippen LogP contribution in [0.25, 0.3) is 0 Å². The molecule has 1 saturated heterocycles. The summed E-state index contributed by atoms with van der Waals surface area (Å²) >= 11 is 12.0. The number of hydrogen-bond donors (Lipinski definition) is 1. The van der Waals surface area contributed by atoms with E-state index >= 15 is 0 Å². The minimum absolute atomic E-state index is 0.0548. The van der Waals surface area contributed by atoms with E-state index < -0.39 is 15.9 Å². The molecule has 9 heteroatoms. The second kappa shape index (κ2) is 9.14. The van der Waals surface area contributed by atoms with Gasteiger partial charge in [-0.1, -0.05) is 35.3 Å². The first-order chi connectivity index (χ1) is 13.8. The Morgan fingerprint density at radius 3 is 2.62 bits per heavy atom. The molecular formula is C20H19Cl2N3O3S. The quantitative estimate of drug-likeness (QED) is 0.740. The zero-order valence-corrected chi connectivity index (χ0v) is 17.8. The Bertz CT molecular complexity index is 1050. The number of amides is 1. The summed E-state index contributed by atoms with van der Waals surface area (Å²) in [5.41, 5.74) is 1.47. The van der Waals surface area contributed by atoms with Crippen LogP contribution in [0, 0.1) is 17.2 Å². The molecule has 1 aliphatic rings. The molecule has 1 aliphatic heterocycles. The molecular weight excluding hydrogens is 433 g/mol. The fourth-order valence-electron chi connectivity index (χ4n) is 3.23. The van der Waals surface area contributed by atoms with Gasteiger partial charge < -0.3 is 5.32 Å². The molecule has 0 spiro atoms. The number of sulfonamides is 1. The van der Waals surface area contributed by atoms with Crippen LogP contribution in [0.5, 0.6) is 0 Å². The molecule has 0 bridgehead atoms. The zero-order chi connectivity index (χ0) is 21.0. The van der Waals surface area contributed by atoms with Crippen LogP contribution in [0.15, 0.2) is 47.4 Å². The summed E-state index contributed by atoms with van der Waals surface area (Å²) in [5.74, 6) is -0.717. The highest BCUT2D eigenvalue weighted by molar-refractivity contribution is 7.89. The van der Waals surface area contributed by atoms with Gasteiger partial charge in [0.1, 0.15) is 4.90 Å². The van der Waals surface area contributed by atoms with Crippen LogP contribution in [0.3, 0.4) is 0 Å². The molecule has 2 aromatic rings. The smallest absolute Gasteiger partial charge is 0.244 e. The number of nitriles is 1. The average molecular weight is 452 g/mol. The molecule has 1 amide bonds. The number of anilines is 1. The van der Waals surface area contributed by atoms with Crippen molar-refractivity contribution in [1.82, 2.24) is 4.31 Å². The Labute approximate surface area is 180 Å². The molecule has 1 fully saturated rings. The lowest BCUT2D eigenvalue weighted by molar-refractivity contribution is -0.120. The third kappa shape index (κ3) is 5.09. The molecule has 1 heterocycles. The molecule has 29 heavy (non-hydrogen) atoms. The first-order valence-corrected chi connectivity index (χ1v) is 11.2. The van der Waals surface area contributed by atoms with Crippen molar-refractivity contribution in [2.45, 2.75) is 24.2 Å². The van der Waals surface area contributed by atoms with Gasteiger partial charge in [0, 0.05) is 23.8 Å². The highest BCUT2D eigenvalue weighted by Crippen LogP contribution is 2.30. The van der Waals surface area contributed by atoms with Crippen molar-refractivity contribution in [2.75, 3.05) is 18.4 Å². The summed E-state index contributed by atoms with van der Waals surface area (Å²) in [4.78, 5) is 12.6. The van der Waals surface area contributed by atoms with Crippen LogP contribution in [-0.2, 0) is 21.2 Å². The topological polar surface area (TPSA) is 90.3 Å². The number of carbonyl (C=O) groups is 1. The number of nitrogens with zero attached hydrogens (tertiary/aromatic N) is 2. The Kier molecular flexibility index (Phi) is 6.81. The van der Waals surface area contributed by atoms with E-state index in [1.54, 1.807) is 24.3 Å². The molecule has 0 unspecified atom stereocenters. The second-order valence-electron chi connectivity index (χ2n) is 6.80. The largest absolute Gasteiger partial charge is 0.326 e. The summed E-state index contributed by atoms with van der Waals surface area (Å²) in [6.07, 6.45) is 1.46. The molecule has 2 aromatic carbocycles. The van der Waals surface area contributed by atoms with Crippen LogP contribution < -0.4 is 5.32 Å². The highest BCUT2D eigenvalue weighted by atomic mass is 35.5. The van der Waals surface area contributed by atoms with Gasteiger partial charge in [-0.25, -0.2) is 8.42 Å². The lowest BCUT2D eigenvalue weighted by Crippen LogP contribution is -2.43. The van der Waals surface area contributed by atoms with Crippen molar-refractivity contribution in [2.24, 2.45) is 5.92 Å². The Hall–Kier alpha value is -2.11. The number of rotatable bonds is 5. The van der Waals surface area contributed by atoms with Crippen molar-refractivity contribution in [3.05, 3.63) is 58.1 Å². The third-order valence-electron chi connectivity index (χ3n) is 4.77. The van der Waals surface area contributed by atoms with Crippen molar-refractivity contribution in [3.63, 3.8) is 0 Å². The number of carbonyl (C=O) groups excluding carboxylic acids is 1. The second-order valence-corrected chi connectivity index (χ2v) is 9.55. The third-order valence-corrected chi connectivity index (χ3v) is 7.35. The predicted octanol–water partition coefficient (Wildman–Crippen LogP) is 4.10. The zero-order valence-electron chi connectivity index (χ0n) is 15.4. The number of piperidine rings is 1. The number of halogens is 2. The van der Waals surface area contributed by atoms with Crippen LogP contribution in [-0.4, -0.2) is 31.7 Å². The van der Waals surface area contributed by atoms with Gasteiger partial charge >= 0.3 is 0 Å². The maximum atomic E-state index is 13.0. The van der Waals surface area contributed by atoms with Crippen molar-refractivity contribution >= 4 is 44.8 Å². The predicted molar refractivity (Wildman–Crippen MR) is 112 cm³/mol. The number of benzene rings is 2. The van der Waals surface area contributed by atoms with E-state index in [2.05, 4.69) is 11.4 Å². The van der Waals surface area contributed by atoms with Gasteiger partial charge in [0.05, 0.1) is 23.4 Å². The monoisotopic (exact) mass is 451 g/mol. The Balaban J connectivity index is 1.72. The molecule has 0 radical (unpaired) electrons. The first-order valence-electron chi connectivity index (χ1n) is 9.03. The summed E-state index contributed by atoms with van der Waals surface area (Å²) in [6.45, 7) is 0.390. The molecule has 1 N–H and O–H groups in total. The van der Waals surface area contributed by atoms with Crippen molar-refractivity contribution in [3.8, 4) is 6.07 Å². The molecule has 6 nitrogen and oxygen atoms in total. The minimum atomic E-state index is -3.86. The molecule has 0 saturated carbocycles. The number of nitrogens with one attached hydrogen (secondary N) is 1. The molecule has 1 atom stereocenters. The maximum Gasteiger partial charge on any atom is 0.244 e. The summed E-state index contributed by atoms with van der Waals surface area (Å²) in [7, 11) is -3.86. The fourth-order valence-corrected chi connectivity index (χ4v) is 5.49. The Morgan fingerprint density at radius 2 is 1.93 bits per heavy atom. The van der Waals surface area contributed by atoms with E-state index in [0.717, 1.165) is 5.56 Å². The van der Waals surface area contributed by atoms with Gasteiger partial charge in [-0.3, -0.25) is 4.79 Å². The Morgan fingerprint density at radius 1 is 1.21 bits per heavy atom. The van der Waals surface area contributed by atoms with E-state index in [-0.39, 0.29) is 27.4 Å². The van der Waals surface area contributed by atoms with Gasteiger partial charge in [0.25, 0.3) is 0 Å². The van der Waals surface area contributed by atoms with E-state index in [4.69, 9.17) is 28.5 Å². The standard InChI is InChI=1S/C20H19Cl2N3O3S/c21-16-5-8-18(22)19(12-16)29(27,28)25-11-1-2-15(13-25)20(26)24-17-6-3-14(4-7-17)9-10-23/h3-8,12,15H,1-2,9,11,13H2,(H,24,26)/t15-/m1/s1. The van der Waals surface area contributed by atoms with Crippen LogP contribution in [0.4, 0.5) is 5.69 Å². The number of hydrogen-bond acceptors (Lipinski definition) is 4. The molecule has 0 aliphatic carbocycles.